The number of benzene rings is 1. The molecule has 0 bridgehead atoms. The maximum absolute atomic E-state index is 13.7. The van der Waals surface area contributed by atoms with Gasteiger partial charge in [-0.25, -0.2) is 4.79 Å². The molecule has 1 unspecified atom stereocenters. The van der Waals surface area contributed by atoms with Gasteiger partial charge < -0.3 is 30.3 Å². The van der Waals surface area contributed by atoms with Crippen LogP contribution in [0.3, 0.4) is 0 Å². The summed E-state index contributed by atoms with van der Waals surface area (Å²) in [5.41, 5.74) is 0.921. The smallest absolute Gasteiger partial charge is 0.318 e. The minimum atomic E-state index is -1.16. The topological polar surface area (TPSA) is 126 Å². The lowest BCUT2D eigenvalue weighted by atomic mass is 9.84. The summed E-state index contributed by atoms with van der Waals surface area (Å²) in [5, 5.41) is 8.58. The van der Waals surface area contributed by atoms with Crippen LogP contribution in [0.4, 0.5) is 4.79 Å². The Balaban J connectivity index is 1.43. The van der Waals surface area contributed by atoms with E-state index in [9.17, 15) is 19.2 Å². The third-order valence-corrected chi connectivity index (χ3v) is 8.40. The van der Waals surface area contributed by atoms with Crippen molar-refractivity contribution in [3.8, 4) is 0 Å². The van der Waals surface area contributed by atoms with Crippen LogP contribution in [0.2, 0.25) is 0 Å². The van der Waals surface area contributed by atoms with Gasteiger partial charge in [0.1, 0.15) is 12.1 Å². The van der Waals surface area contributed by atoms with E-state index in [0.717, 1.165) is 63.4 Å². The molecule has 4 rings (SSSR count). The molecule has 1 aromatic rings. The van der Waals surface area contributed by atoms with E-state index in [-0.39, 0.29) is 25.3 Å². The predicted octanol–water partition coefficient (Wildman–Crippen LogP) is 3.09. The summed E-state index contributed by atoms with van der Waals surface area (Å²) < 4.78 is 11.2. The second-order valence-electron chi connectivity index (χ2n) is 11.6. The molecule has 10 nitrogen and oxygen atoms in total. The van der Waals surface area contributed by atoms with Crippen molar-refractivity contribution < 1.29 is 28.7 Å². The van der Waals surface area contributed by atoms with E-state index in [2.05, 4.69) is 16.0 Å². The quantitative estimate of drug-likeness (QED) is 0.332. The molecule has 3 N–H and O–H groups in total. The van der Waals surface area contributed by atoms with Crippen LogP contribution in [0.5, 0.6) is 0 Å². The number of morpholine rings is 1. The Morgan fingerprint density at radius 2 is 1.51 bits per heavy atom. The summed E-state index contributed by atoms with van der Waals surface area (Å²) in [6, 6.07) is 7.18. The van der Waals surface area contributed by atoms with E-state index < -0.39 is 29.7 Å². The van der Waals surface area contributed by atoms with E-state index in [1.54, 1.807) is 4.90 Å². The Morgan fingerprint density at radius 1 is 0.854 bits per heavy atom. The summed E-state index contributed by atoms with van der Waals surface area (Å²) in [6.45, 7) is 1.92. The zero-order chi connectivity index (χ0) is 28.9. The number of Topliss-reactive ketones (excluding diaryl/α,β-unsaturated/α-hetero) is 1. The van der Waals surface area contributed by atoms with E-state index in [0.29, 0.717) is 38.6 Å². The van der Waals surface area contributed by atoms with Gasteiger partial charge in [0.15, 0.2) is 0 Å². The van der Waals surface area contributed by atoms with Crippen LogP contribution < -0.4 is 16.0 Å². The molecular weight excluding hydrogens is 524 g/mol. The zero-order valence-corrected chi connectivity index (χ0v) is 24.1. The van der Waals surface area contributed by atoms with Crippen molar-refractivity contribution in [1.29, 1.82) is 0 Å². The number of amides is 4. The Hall–Kier alpha value is -2.98. The first-order chi connectivity index (χ1) is 20.0. The number of hydrogen-bond donors (Lipinski definition) is 3. The summed E-state index contributed by atoms with van der Waals surface area (Å²) in [5.74, 6) is -1.59. The fraction of sp³-hybridized carbons (Fsp3) is 0.677. The number of nitrogens with one attached hydrogen (secondary N) is 3. The second kappa shape index (κ2) is 16.5. The molecule has 1 aromatic carbocycles. The first kappa shape index (κ1) is 31.0. The monoisotopic (exact) mass is 570 g/mol. The van der Waals surface area contributed by atoms with Crippen LogP contribution >= 0.6 is 0 Å². The minimum Gasteiger partial charge on any atom is -0.378 e. The van der Waals surface area contributed by atoms with Crippen LogP contribution in [-0.4, -0.2) is 79.6 Å². The molecule has 1 heterocycles. The molecule has 3 fully saturated rings. The number of nitrogens with zero attached hydrogens (tertiary/aromatic N) is 1. The molecular formula is C31H46N4O6. The van der Waals surface area contributed by atoms with E-state index in [1.165, 1.54) is 6.42 Å². The second-order valence-corrected chi connectivity index (χ2v) is 11.6. The molecule has 2 atom stereocenters. The van der Waals surface area contributed by atoms with Crippen LogP contribution in [0, 0.1) is 5.92 Å². The van der Waals surface area contributed by atoms with E-state index >= 15 is 0 Å². The van der Waals surface area contributed by atoms with Crippen molar-refractivity contribution in [2.45, 2.75) is 95.4 Å². The lowest BCUT2D eigenvalue weighted by molar-refractivity contribution is -0.142. The largest absolute Gasteiger partial charge is 0.378 e. The SMILES string of the molecule is O=C(NC1CCCCC1)C(=O)C(COCc1ccccc1)NC(=O)[C@H](CC1CCCCC1)NC(=O)N1CCOCC1. The van der Waals surface area contributed by atoms with Gasteiger partial charge in [0.05, 0.1) is 26.4 Å². The normalized spacial score (nSPS) is 20.0. The molecule has 0 aromatic heterocycles. The number of ether oxygens (including phenoxy) is 2. The van der Waals surface area contributed by atoms with Crippen molar-refractivity contribution in [2.24, 2.45) is 5.92 Å². The van der Waals surface area contributed by atoms with Gasteiger partial charge in [0.2, 0.25) is 11.7 Å². The summed E-state index contributed by atoms with van der Waals surface area (Å²) in [6.07, 6.45) is 10.7. The predicted molar refractivity (Wildman–Crippen MR) is 154 cm³/mol. The number of hydrogen-bond acceptors (Lipinski definition) is 6. The Morgan fingerprint density at radius 3 is 2.20 bits per heavy atom. The molecule has 2 saturated carbocycles. The molecule has 0 radical (unpaired) electrons. The summed E-state index contributed by atoms with van der Waals surface area (Å²) in [7, 11) is 0. The lowest BCUT2D eigenvalue weighted by Gasteiger charge is -2.31. The highest BCUT2D eigenvalue weighted by Gasteiger charge is 2.33. The molecule has 41 heavy (non-hydrogen) atoms. The third kappa shape index (κ3) is 10.1. The highest BCUT2D eigenvalue weighted by atomic mass is 16.5. The zero-order valence-electron chi connectivity index (χ0n) is 24.1. The van der Waals surface area contributed by atoms with Crippen molar-refractivity contribution in [2.75, 3.05) is 32.9 Å². The Kier molecular flexibility index (Phi) is 12.4. The van der Waals surface area contributed by atoms with Crippen LogP contribution in [0.1, 0.15) is 76.2 Å². The fourth-order valence-electron chi connectivity index (χ4n) is 5.98. The molecule has 10 heteroatoms. The average molecular weight is 571 g/mol. The van der Waals surface area contributed by atoms with Gasteiger partial charge in [0.25, 0.3) is 5.91 Å². The maximum Gasteiger partial charge on any atom is 0.318 e. The third-order valence-electron chi connectivity index (χ3n) is 8.40. The molecule has 0 spiro atoms. The van der Waals surface area contributed by atoms with Gasteiger partial charge in [-0.1, -0.05) is 81.7 Å². The number of urea groups is 1. The van der Waals surface area contributed by atoms with Gasteiger partial charge >= 0.3 is 6.03 Å². The number of carbonyl (C=O) groups excluding carboxylic acids is 4. The Labute approximate surface area is 243 Å². The lowest BCUT2D eigenvalue weighted by Crippen LogP contribution is -2.58. The molecule has 4 amide bonds. The highest BCUT2D eigenvalue weighted by Crippen LogP contribution is 2.27. The summed E-state index contributed by atoms with van der Waals surface area (Å²) >= 11 is 0. The number of carbonyl (C=O) groups is 4. The molecule has 1 aliphatic heterocycles. The van der Waals surface area contributed by atoms with E-state index in [4.69, 9.17) is 9.47 Å². The van der Waals surface area contributed by atoms with Crippen LogP contribution in [0.15, 0.2) is 30.3 Å². The van der Waals surface area contributed by atoms with Gasteiger partial charge in [-0.15, -0.1) is 0 Å². The van der Waals surface area contributed by atoms with E-state index in [1.807, 2.05) is 30.3 Å². The first-order valence-electron chi connectivity index (χ1n) is 15.4. The fourth-order valence-corrected chi connectivity index (χ4v) is 5.98. The molecule has 2 aliphatic carbocycles. The standard InChI is InChI=1S/C31H46N4O6/c36-28(30(38)32-25-14-8-3-9-15-25)27(22-41-21-24-12-6-2-7-13-24)33-29(37)26(20-23-10-4-1-5-11-23)34-31(39)35-16-18-40-19-17-35/h2,6-7,12-13,23,25-27H,1,3-5,8-11,14-22H2,(H,32,38)(H,33,37)(H,34,39)/t26-,27?/m0/s1. The number of rotatable bonds is 12. The van der Waals surface area contributed by atoms with Gasteiger partial charge in [-0.2, -0.15) is 0 Å². The number of ketones is 1. The minimum absolute atomic E-state index is 0.0337. The van der Waals surface area contributed by atoms with Crippen molar-refractivity contribution in [3.63, 3.8) is 0 Å². The van der Waals surface area contributed by atoms with Crippen molar-refractivity contribution in [1.82, 2.24) is 20.9 Å². The highest BCUT2D eigenvalue weighted by molar-refractivity contribution is 6.38. The molecule has 1 saturated heterocycles. The molecule has 226 valence electrons. The van der Waals surface area contributed by atoms with Gasteiger partial charge in [-0.05, 0) is 30.7 Å². The molecule has 3 aliphatic rings. The summed E-state index contributed by atoms with van der Waals surface area (Å²) in [4.78, 5) is 54.7. The van der Waals surface area contributed by atoms with Crippen LogP contribution in [0.25, 0.3) is 0 Å². The van der Waals surface area contributed by atoms with Gasteiger partial charge in [0, 0.05) is 19.1 Å². The maximum atomic E-state index is 13.7. The van der Waals surface area contributed by atoms with Crippen molar-refractivity contribution in [3.05, 3.63) is 35.9 Å². The van der Waals surface area contributed by atoms with Crippen LogP contribution in [-0.2, 0) is 30.5 Å². The van der Waals surface area contributed by atoms with Crippen molar-refractivity contribution >= 4 is 23.6 Å². The van der Waals surface area contributed by atoms with Gasteiger partial charge in [-0.3, -0.25) is 14.4 Å². The first-order valence-corrected chi connectivity index (χ1v) is 15.4. The average Bonchev–Trinajstić information content (AvgIpc) is 3.01. The Bertz CT molecular complexity index is 988.